The van der Waals surface area contributed by atoms with E-state index in [0.29, 0.717) is 37.0 Å². The van der Waals surface area contributed by atoms with Crippen LogP contribution in [0.2, 0.25) is 0 Å². The van der Waals surface area contributed by atoms with Gasteiger partial charge in [0.05, 0.1) is 22.9 Å². The van der Waals surface area contributed by atoms with E-state index in [-0.39, 0.29) is 5.91 Å². The Labute approximate surface area is 219 Å². The number of benzene rings is 2. The smallest absolute Gasteiger partial charge is 0.246 e. The number of nitrogens with zero attached hydrogens (tertiary/aromatic N) is 6. The van der Waals surface area contributed by atoms with Crippen molar-refractivity contribution in [2.45, 2.75) is 18.9 Å². The summed E-state index contributed by atoms with van der Waals surface area (Å²) >= 11 is 0. The summed E-state index contributed by atoms with van der Waals surface area (Å²) in [5.41, 5.74) is 3.94. The molecule has 192 valence electrons. The van der Waals surface area contributed by atoms with Crippen molar-refractivity contribution in [1.29, 1.82) is 0 Å². The van der Waals surface area contributed by atoms with Crippen LogP contribution in [0.25, 0.3) is 11.0 Å². The predicted octanol–water partition coefficient (Wildman–Crippen LogP) is 4.14. The Morgan fingerprint density at radius 1 is 1.24 bits per heavy atom. The van der Waals surface area contributed by atoms with Crippen molar-refractivity contribution in [2.75, 3.05) is 25.0 Å². The predicted molar refractivity (Wildman–Crippen MR) is 144 cm³/mol. The highest BCUT2D eigenvalue weighted by Crippen LogP contribution is 2.34. The minimum Gasteiger partial charge on any atom is -0.475 e. The van der Waals surface area contributed by atoms with Gasteiger partial charge in [-0.25, -0.2) is 19.9 Å². The van der Waals surface area contributed by atoms with Crippen LogP contribution in [-0.4, -0.2) is 61.5 Å². The second-order valence-electron chi connectivity index (χ2n) is 9.64. The molecule has 1 unspecified atom stereocenters. The molecule has 0 bridgehead atoms. The molecular weight excluding hydrogens is 482 g/mol. The Bertz CT molecular complexity index is 1590. The largest absolute Gasteiger partial charge is 0.475 e. The van der Waals surface area contributed by atoms with E-state index in [9.17, 15) is 4.79 Å². The first-order chi connectivity index (χ1) is 18.4. The molecule has 2 aromatic carbocycles. The molecule has 1 N–H and O–H groups in total. The van der Waals surface area contributed by atoms with E-state index < -0.39 is 5.54 Å². The van der Waals surface area contributed by atoms with Crippen LogP contribution in [0.4, 0.5) is 11.5 Å². The van der Waals surface area contributed by atoms with Crippen LogP contribution in [0.3, 0.4) is 0 Å². The third kappa shape index (κ3) is 4.34. The monoisotopic (exact) mass is 509 g/mol. The molecule has 4 aromatic rings. The van der Waals surface area contributed by atoms with Gasteiger partial charge in [0.1, 0.15) is 35.8 Å². The number of anilines is 2. The number of aryl methyl sites for hydroxylation is 2. The highest BCUT2D eigenvalue weighted by Gasteiger charge is 2.44. The van der Waals surface area contributed by atoms with Crippen LogP contribution in [0.15, 0.2) is 72.9 Å². The Morgan fingerprint density at radius 3 is 2.97 bits per heavy atom. The second-order valence-corrected chi connectivity index (χ2v) is 9.64. The van der Waals surface area contributed by atoms with Crippen LogP contribution >= 0.6 is 0 Å². The molecule has 6 rings (SSSR count). The number of aromatic nitrogens is 4. The zero-order chi connectivity index (χ0) is 26.3. The van der Waals surface area contributed by atoms with Crippen molar-refractivity contribution < 1.29 is 14.3 Å². The van der Waals surface area contributed by atoms with Gasteiger partial charge in [0.15, 0.2) is 0 Å². The van der Waals surface area contributed by atoms with Crippen LogP contribution in [0.1, 0.15) is 17.5 Å². The van der Waals surface area contributed by atoms with Crippen LogP contribution in [-0.2, 0) is 16.6 Å². The molecule has 10 nitrogen and oxygen atoms in total. The average Bonchev–Trinajstić information content (AvgIpc) is 3.65. The van der Waals surface area contributed by atoms with Gasteiger partial charge in [-0.2, -0.15) is 0 Å². The molecular formula is C28H27N7O3. The van der Waals surface area contributed by atoms with E-state index in [2.05, 4.69) is 26.8 Å². The topological polar surface area (TPSA) is 107 Å². The van der Waals surface area contributed by atoms with Gasteiger partial charge in [-0.05, 0) is 55.3 Å². The first-order valence-corrected chi connectivity index (χ1v) is 12.3. The van der Waals surface area contributed by atoms with E-state index in [1.165, 1.54) is 12.4 Å². The van der Waals surface area contributed by atoms with Crippen LogP contribution < -0.4 is 10.1 Å². The molecule has 1 spiro atoms. The lowest BCUT2D eigenvalue weighted by atomic mass is 10.0. The zero-order valence-electron chi connectivity index (χ0n) is 21.2. The number of aliphatic imine (C=N–C) groups is 1. The zero-order valence-corrected chi connectivity index (χ0v) is 21.2. The van der Waals surface area contributed by atoms with Crippen LogP contribution in [0, 0.1) is 6.92 Å². The molecule has 38 heavy (non-hydrogen) atoms. The molecule has 0 aliphatic carbocycles. The van der Waals surface area contributed by atoms with Gasteiger partial charge in [0.2, 0.25) is 11.8 Å². The number of hydrogen-bond acceptors (Lipinski definition) is 8. The number of hydrogen-bond donors (Lipinski definition) is 1. The molecule has 1 atom stereocenters. The van der Waals surface area contributed by atoms with Crippen molar-refractivity contribution in [3.63, 3.8) is 0 Å². The number of nitrogens with one attached hydrogen (secondary N) is 1. The van der Waals surface area contributed by atoms with Gasteiger partial charge >= 0.3 is 0 Å². The summed E-state index contributed by atoms with van der Waals surface area (Å²) in [6.45, 7) is 7.12. The lowest BCUT2D eigenvalue weighted by molar-refractivity contribution is -0.125. The van der Waals surface area contributed by atoms with E-state index in [1.54, 1.807) is 17.4 Å². The normalized spacial score (nSPS) is 18.5. The van der Waals surface area contributed by atoms with Crippen LogP contribution in [0.5, 0.6) is 11.5 Å². The fourth-order valence-corrected chi connectivity index (χ4v) is 4.87. The van der Waals surface area contributed by atoms with Crippen molar-refractivity contribution in [2.24, 2.45) is 12.0 Å². The number of carbonyl (C=O) groups excluding carboxylic acids is 1. The molecule has 0 radical (unpaired) electrons. The SMILES string of the molecule is C=CC(=O)N1CCC2(COC(c3cncnc3Nc3ccc(Oc4ccc5c(c4)ncn5C)c(C)c3)=N2)C1. The summed E-state index contributed by atoms with van der Waals surface area (Å²) in [6, 6.07) is 11.7. The van der Waals surface area contributed by atoms with Crippen molar-refractivity contribution in [1.82, 2.24) is 24.4 Å². The summed E-state index contributed by atoms with van der Waals surface area (Å²) in [7, 11) is 1.97. The number of imidazole rings is 1. The molecule has 10 heteroatoms. The van der Waals surface area contributed by atoms with Crippen molar-refractivity contribution in [3.05, 3.63) is 79.0 Å². The molecule has 2 aliphatic heterocycles. The van der Waals surface area contributed by atoms with Gasteiger partial charge in [-0.15, -0.1) is 0 Å². The number of carbonyl (C=O) groups is 1. The number of ether oxygens (including phenoxy) is 2. The van der Waals surface area contributed by atoms with E-state index in [4.69, 9.17) is 14.5 Å². The van der Waals surface area contributed by atoms with Gasteiger partial charge in [0.25, 0.3) is 0 Å². The Hall–Kier alpha value is -4.73. The summed E-state index contributed by atoms with van der Waals surface area (Å²) in [4.78, 5) is 31.7. The minimum absolute atomic E-state index is 0.0870. The molecule has 1 fully saturated rings. The third-order valence-electron chi connectivity index (χ3n) is 6.94. The summed E-state index contributed by atoms with van der Waals surface area (Å²) in [6.07, 6.45) is 7.03. The van der Waals surface area contributed by atoms with Gasteiger partial charge in [0, 0.05) is 38.1 Å². The second kappa shape index (κ2) is 9.29. The first-order valence-electron chi connectivity index (χ1n) is 12.3. The highest BCUT2D eigenvalue weighted by molar-refractivity contribution is 6.00. The minimum atomic E-state index is -0.449. The van der Waals surface area contributed by atoms with E-state index >= 15 is 0 Å². The third-order valence-corrected chi connectivity index (χ3v) is 6.94. The lowest BCUT2D eigenvalue weighted by Gasteiger charge is -2.18. The maximum Gasteiger partial charge on any atom is 0.246 e. The molecule has 2 aliphatic rings. The summed E-state index contributed by atoms with van der Waals surface area (Å²) in [5, 5.41) is 3.37. The standard InChI is InChI=1S/C28H27N7O3/c1-4-25(36)35-10-9-28(14-35)15-37-27(33-28)21-13-29-16-30-26(21)32-19-5-8-24(18(2)11-19)38-20-6-7-23-22(12-20)31-17-34(23)3/h4-8,11-13,16-17H,1,9-10,14-15H2,2-3H3,(H,29,30,32). The van der Waals surface area contributed by atoms with E-state index in [0.717, 1.165) is 40.2 Å². The molecule has 0 saturated carbocycles. The Morgan fingerprint density at radius 2 is 2.13 bits per heavy atom. The van der Waals surface area contributed by atoms with Crippen molar-refractivity contribution >= 4 is 34.3 Å². The number of fused-ring (bicyclic) bond motifs is 1. The van der Waals surface area contributed by atoms with E-state index in [1.807, 2.05) is 54.9 Å². The molecule has 1 saturated heterocycles. The maximum absolute atomic E-state index is 12.0. The number of amides is 1. The molecule has 2 aromatic heterocycles. The van der Waals surface area contributed by atoms with Crippen molar-refractivity contribution in [3.8, 4) is 11.5 Å². The summed E-state index contributed by atoms with van der Waals surface area (Å²) < 4.78 is 14.1. The maximum atomic E-state index is 12.0. The first kappa shape index (κ1) is 23.7. The number of likely N-dealkylation sites (tertiary alicyclic amines) is 1. The Kier molecular flexibility index (Phi) is 5.79. The lowest BCUT2D eigenvalue weighted by Crippen LogP contribution is -2.35. The molecule has 4 heterocycles. The summed E-state index contributed by atoms with van der Waals surface area (Å²) in [5.74, 6) is 2.45. The fraction of sp³-hybridized carbons (Fsp3) is 0.250. The highest BCUT2D eigenvalue weighted by atomic mass is 16.5. The van der Waals surface area contributed by atoms with Gasteiger partial charge < -0.3 is 24.3 Å². The molecule has 1 amide bonds. The Balaban J connectivity index is 1.20. The fourth-order valence-electron chi connectivity index (χ4n) is 4.87. The average molecular weight is 510 g/mol. The quantitative estimate of drug-likeness (QED) is 0.389. The van der Waals surface area contributed by atoms with Gasteiger partial charge in [-0.3, -0.25) is 4.79 Å². The number of rotatable bonds is 6. The van der Waals surface area contributed by atoms with Gasteiger partial charge in [-0.1, -0.05) is 6.58 Å².